The van der Waals surface area contributed by atoms with Crippen molar-refractivity contribution in [2.24, 2.45) is 14.1 Å². The van der Waals surface area contributed by atoms with Crippen LogP contribution in [0, 0.1) is 0 Å². The normalized spacial score (nSPS) is 11.9. The molecule has 28 heavy (non-hydrogen) atoms. The van der Waals surface area contributed by atoms with Crippen LogP contribution >= 0.6 is 0 Å². The van der Waals surface area contributed by atoms with E-state index in [0.29, 0.717) is 5.76 Å². The van der Waals surface area contributed by atoms with Gasteiger partial charge in [0.2, 0.25) is 0 Å². The van der Waals surface area contributed by atoms with E-state index in [0.717, 1.165) is 5.76 Å². The monoisotopic (exact) mass is 370 g/mol. The van der Waals surface area contributed by atoms with Gasteiger partial charge in [0, 0.05) is 48.3 Å². The van der Waals surface area contributed by atoms with Gasteiger partial charge in [-0.15, -0.1) is 0 Å². The highest BCUT2D eigenvalue weighted by Crippen LogP contribution is 2.41. The van der Waals surface area contributed by atoms with Crippen molar-refractivity contribution in [1.29, 1.82) is 0 Å². The van der Waals surface area contributed by atoms with E-state index in [1.807, 2.05) is 12.1 Å². The molecular weight excluding hydrogens is 348 g/mol. The van der Waals surface area contributed by atoms with Gasteiger partial charge >= 0.3 is 0 Å². The van der Waals surface area contributed by atoms with Crippen LogP contribution in [0.1, 0.15) is 28.6 Å². The Kier molecular flexibility index (Phi) is 3.88. The average Bonchev–Trinajstić information content (AvgIpc) is 3.41. The second-order valence-corrected chi connectivity index (χ2v) is 7.32. The molecule has 0 aliphatic carbocycles. The summed E-state index contributed by atoms with van der Waals surface area (Å²) < 4.78 is 10.4. The Hall–Kier alpha value is -3.24. The van der Waals surface area contributed by atoms with Crippen LogP contribution in [-0.2, 0) is 20.7 Å². The minimum absolute atomic E-state index is 0.0579. The molecule has 4 nitrogen and oxygen atoms in total. The lowest BCUT2D eigenvalue weighted by molar-refractivity contribution is 0.243. The van der Waals surface area contributed by atoms with E-state index in [1.54, 1.807) is 0 Å². The molecule has 4 heteroatoms. The van der Waals surface area contributed by atoms with Gasteiger partial charge < -0.3 is 18.7 Å². The molecule has 0 atom stereocenters. The van der Waals surface area contributed by atoms with E-state index in [1.165, 1.54) is 32.9 Å². The van der Waals surface area contributed by atoms with Crippen molar-refractivity contribution in [3.8, 4) is 0 Å². The lowest BCUT2D eigenvalue weighted by Crippen LogP contribution is -2.01. The van der Waals surface area contributed by atoms with Crippen LogP contribution in [0.4, 0.5) is 0 Å². The fraction of sp³-hybridized carbons (Fsp3) is 0.167. The molecule has 3 aromatic heterocycles. The fourth-order valence-electron chi connectivity index (χ4n) is 4.31. The van der Waals surface area contributed by atoms with Gasteiger partial charge in [0.05, 0.1) is 5.92 Å². The standard InChI is InChI=1S/C24H22N2O2/c1-25-13-19(17-7-3-5-9-21(17)25)24(23-12-11-16(15-27)28-23)20-14-26(2)22-10-6-4-8-18(20)22/h3-14,24,27H,15H2,1-2H3. The molecule has 2 aromatic carbocycles. The molecule has 140 valence electrons. The topological polar surface area (TPSA) is 43.2 Å². The molecule has 0 amide bonds. The zero-order chi connectivity index (χ0) is 19.3. The minimum Gasteiger partial charge on any atom is -0.463 e. The van der Waals surface area contributed by atoms with Crippen molar-refractivity contribution < 1.29 is 9.52 Å². The summed E-state index contributed by atoms with van der Waals surface area (Å²) in [7, 11) is 4.15. The zero-order valence-corrected chi connectivity index (χ0v) is 16.0. The number of furan rings is 1. The van der Waals surface area contributed by atoms with Crippen molar-refractivity contribution in [3.05, 3.63) is 95.7 Å². The summed E-state index contributed by atoms with van der Waals surface area (Å²) in [5.74, 6) is 1.37. The highest BCUT2D eigenvalue weighted by atomic mass is 16.4. The number of aryl methyl sites for hydroxylation is 2. The Bertz CT molecular complexity index is 1210. The summed E-state index contributed by atoms with van der Waals surface area (Å²) in [6, 6.07) is 20.7. The summed E-state index contributed by atoms with van der Waals surface area (Å²) in [6.07, 6.45) is 4.39. The molecule has 1 N–H and O–H groups in total. The number of aliphatic hydroxyl groups excluding tert-OH is 1. The van der Waals surface area contributed by atoms with Gasteiger partial charge in [-0.25, -0.2) is 0 Å². The van der Waals surface area contributed by atoms with Crippen molar-refractivity contribution in [2.45, 2.75) is 12.5 Å². The number of aromatic nitrogens is 2. The minimum atomic E-state index is -0.0994. The summed E-state index contributed by atoms with van der Waals surface area (Å²) >= 11 is 0. The first-order valence-electron chi connectivity index (χ1n) is 9.44. The first-order chi connectivity index (χ1) is 13.7. The van der Waals surface area contributed by atoms with E-state index < -0.39 is 0 Å². The third kappa shape index (κ3) is 2.49. The number of hydrogen-bond acceptors (Lipinski definition) is 2. The largest absolute Gasteiger partial charge is 0.463 e. The molecule has 5 aromatic rings. The fourth-order valence-corrected chi connectivity index (χ4v) is 4.31. The Balaban J connectivity index is 1.83. The van der Waals surface area contributed by atoms with Gasteiger partial charge in [-0.2, -0.15) is 0 Å². The van der Waals surface area contributed by atoms with E-state index in [4.69, 9.17) is 4.42 Å². The highest BCUT2D eigenvalue weighted by molar-refractivity contribution is 5.89. The van der Waals surface area contributed by atoms with Crippen molar-refractivity contribution in [3.63, 3.8) is 0 Å². The quantitative estimate of drug-likeness (QED) is 0.487. The third-order valence-electron chi connectivity index (χ3n) is 5.60. The lowest BCUT2D eigenvalue weighted by Gasteiger charge is -2.14. The number of fused-ring (bicyclic) bond motifs is 2. The summed E-state index contributed by atoms with van der Waals surface area (Å²) in [6.45, 7) is -0.0994. The molecule has 0 spiro atoms. The number of nitrogens with zero attached hydrogens (tertiary/aromatic N) is 2. The maximum Gasteiger partial charge on any atom is 0.129 e. The number of benzene rings is 2. The Morgan fingerprint density at radius 1 is 0.786 bits per heavy atom. The van der Waals surface area contributed by atoms with Gasteiger partial charge in [0.1, 0.15) is 18.1 Å². The maximum absolute atomic E-state index is 9.52. The molecule has 0 aliphatic heterocycles. The van der Waals surface area contributed by atoms with Gasteiger partial charge in [-0.1, -0.05) is 36.4 Å². The number of aliphatic hydroxyl groups is 1. The van der Waals surface area contributed by atoms with Gasteiger partial charge in [0.25, 0.3) is 0 Å². The second-order valence-electron chi connectivity index (χ2n) is 7.32. The molecule has 5 rings (SSSR count). The number of hydrogen-bond donors (Lipinski definition) is 1. The van der Waals surface area contributed by atoms with Crippen LogP contribution in [0.2, 0.25) is 0 Å². The zero-order valence-electron chi connectivity index (χ0n) is 16.0. The van der Waals surface area contributed by atoms with Crippen LogP contribution in [0.5, 0.6) is 0 Å². The van der Waals surface area contributed by atoms with Gasteiger partial charge in [-0.3, -0.25) is 0 Å². The SMILES string of the molecule is Cn1cc(C(c2ccc(CO)o2)c2cn(C)c3ccccc23)c2ccccc21. The molecule has 3 heterocycles. The first-order valence-corrected chi connectivity index (χ1v) is 9.44. The molecule has 0 unspecified atom stereocenters. The third-order valence-corrected chi connectivity index (χ3v) is 5.60. The van der Waals surface area contributed by atoms with Gasteiger partial charge in [0.15, 0.2) is 0 Å². The smallest absolute Gasteiger partial charge is 0.129 e. The van der Waals surface area contributed by atoms with Crippen LogP contribution in [0.25, 0.3) is 21.8 Å². The lowest BCUT2D eigenvalue weighted by atomic mass is 9.88. The van der Waals surface area contributed by atoms with E-state index in [2.05, 4.69) is 84.2 Å². The molecule has 0 fully saturated rings. The van der Waals surface area contributed by atoms with Crippen LogP contribution in [0.15, 0.2) is 77.5 Å². The van der Waals surface area contributed by atoms with E-state index >= 15 is 0 Å². The van der Waals surface area contributed by atoms with Crippen molar-refractivity contribution in [2.75, 3.05) is 0 Å². The van der Waals surface area contributed by atoms with Crippen molar-refractivity contribution >= 4 is 21.8 Å². The maximum atomic E-state index is 9.52. The molecule has 0 bridgehead atoms. The second kappa shape index (κ2) is 6.43. The first kappa shape index (κ1) is 16.9. The molecule has 0 saturated heterocycles. The summed E-state index contributed by atoms with van der Waals surface area (Å²) in [4.78, 5) is 0. The number of para-hydroxylation sites is 2. The average molecular weight is 370 g/mol. The Morgan fingerprint density at radius 2 is 1.32 bits per heavy atom. The van der Waals surface area contributed by atoms with Crippen LogP contribution < -0.4 is 0 Å². The van der Waals surface area contributed by atoms with E-state index in [9.17, 15) is 5.11 Å². The van der Waals surface area contributed by atoms with Crippen LogP contribution in [-0.4, -0.2) is 14.2 Å². The Labute approximate surface area is 163 Å². The predicted molar refractivity (Wildman–Crippen MR) is 111 cm³/mol. The van der Waals surface area contributed by atoms with Gasteiger partial charge in [-0.05, 0) is 35.4 Å². The molecule has 0 radical (unpaired) electrons. The van der Waals surface area contributed by atoms with E-state index in [-0.39, 0.29) is 12.5 Å². The molecule has 0 aliphatic rings. The highest BCUT2D eigenvalue weighted by Gasteiger charge is 2.27. The summed E-state index contributed by atoms with van der Waals surface area (Å²) in [5.41, 5.74) is 4.79. The Morgan fingerprint density at radius 3 is 1.82 bits per heavy atom. The summed E-state index contributed by atoms with van der Waals surface area (Å²) in [5, 5.41) is 11.9. The predicted octanol–water partition coefficient (Wildman–Crippen LogP) is 4.94. The van der Waals surface area contributed by atoms with Crippen LogP contribution in [0.3, 0.4) is 0 Å². The molecular formula is C24H22N2O2. The van der Waals surface area contributed by atoms with Crippen molar-refractivity contribution in [1.82, 2.24) is 9.13 Å². The number of rotatable bonds is 4. The molecule has 0 saturated carbocycles.